The van der Waals surface area contributed by atoms with Crippen LogP contribution in [0.15, 0.2) is 23.1 Å². The van der Waals surface area contributed by atoms with Crippen LogP contribution in [0.25, 0.3) is 0 Å². The topological polar surface area (TPSA) is 73.2 Å². The molecule has 116 valence electrons. The Kier molecular flexibility index (Phi) is 6.17. The summed E-state index contributed by atoms with van der Waals surface area (Å²) >= 11 is 0. The zero-order valence-electron chi connectivity index (χ0n) is 12.2. The standard InChI is InChI=1S/C14H19N3O2S.ClH/c1-11-9-14(4-3-12(11)10-15)20(18,19)17(2)13-5-7-16-8-6-13;/h3-4,9,13,16H,5-8H2,1-2H3;1H. The van der Waals surface area contributed by atoms with Gasteiger partial charge in [-0.3, -0.25) is 0 Å². The van der Waals surface area contributed by atoms with Crippen molar-refractivity contribution < 1.29 is 8.42 Å². The smallest absolute Gasteiger partial charge is 0.243 e. The van der Waals surface area contributed by atoms with Crippen LogP contribution < -0.4 is 5.32 Å². The van der Waals surface area contributed by atoms with Gasteiger partial charge in [0.25, 0.3) is 0 Å². The molecule has 0 saturated carbocycles. The Labute approximate surface area is 132 Å². The molecule has 1 heterocycles. The summed E-state index contributed by atoms with van der Waals surface area (Å²) in [6.07, 6.45) is 1.65. The van der Waals surface area contributed by atoms with Crippen LogP contribution in [0, 0.1) is 18.3 Å². The number of aryl methyl sites for hydroxylation is 1. The van der Waals surface area contributed by atoms with E-state index in [4.69, 9.17) is 5.26 Å². The molecule has 0 spiro atoms. The molecule has 2 rings (SSSR count). The Morgan fingerprint density at radius 1 is 1.33 bits per heavy atom. The number of benzene rings is 1. The molecule has 1 aliphatic rings. The Hall–Kier alpha value is -1.13. The molecule has 0 radical (unpaired) electrons. The highest BCUT2D eigenvalue weighted by atomic mass is 35.5. The van der Waals surface area contributed by atoms with Crippen LogP contribution in [0.4, 0.5) is 0 Å². The number of hydrogen-bond acceptors (Lipinski definition) is 4. The van der Waals surface area contributed by atoms with E-state index in [0.29, 0.717) is 11.1 Å². The van der Waals surface area contributed by atoms with Crippen molar-refractivity contribution in [2.45, 2.75) is 30.7 Å². The number of nitrogens with one attached hydrogen (secondary N) is 1. The van der Waals surface area contributed by atoms with Gasteiger partial charge in [-0.2, -0.15) is 9.57 Å². The molecule has 7 heteroatoms. The maximum atomic E-state index is 12.6. The molecule has 5 nitrogen and oxygen atoms in total. The van der Waals surface area contributed by atoms with Gasteiger partial charge in [0.05, 0.1) is 16.5 Å². The van der Waals surface area contributed by atoms with Crippen molar-refractivity contribution in [3.63, 3.8) is 0 Å². The van der Waals surface area contributed by atoms with Gasteiger partial charge >= 0.3 is 0 Å². The summed E-state index contributed by atoms with van der Waals surface area (Å²) in [4.78, 5) is 0.259. The van der Waals surface area contributed by atoms with Crippen molar-refractivity contribution in [2.24, 2.45) is 0 Å². The van der Waals surface area contributed by atoms with E-state index < -0.39 is 10.0 Å². The lowest BCUT2D eigenvalue weighted by Gasteiger charge is -2.30. The lowest BCUT2D eigenvalue weighted by molar-refractivity contribution is 0.296. The van der Waals surface area contributed by atoms with Crippen LogP contribution >= 0.6 is 12.4 Å². The van der Waals surface area contributed by atoms with Crippen LogP contribution in [0.1, 0.15) is 24.0 Å². The third-order valence-corrected chi connectivity index (χ3v) is 5.72. The minimum Gasteiger partial charge on any atom is -0.317 e. The summed E-state index contributed by atoms with van der Waals surface area (Å²) < 4.78 is 26.7. The first-order chi connectivity index (χ1) is 9.46. The van der Waals surface area contributed by atoms with Crippen LogP contribution in [0.3, 0.4) is 0 Å². The second kappa shape index (κ2) is 7.23. The van der Waals surface area contributed by atoms with Gasteiger partial charge in [-0.15, -0.1) is 12.4 Å². The molecule has 1 aromatic rings. The normalized spacial score (nSPS) is 16.3. The minimum atomic E-state index is -3.49. The molecule has 21 heavy (non-hydrogen) atoms. The number of rotatable bonds is 3. The van der Waals surface area contributed by atoms with E-state index in [1.807, 2.05) is 6.07 Å². The first-order valence-corrected chi connectivity index (χ1v) is 8.10. The summed E-state index contributed by atoms with van der Waals surface area (Å²) in [5.74, 6) is 0. The molecule has 0 aliphatic carbocycles. The fourth-order valence-electron chi connectivity index (χ4n) is 2.45. The molecule has 0 bridgehead atoms. The van der Waals surface area contributed by atoms with Gasteiger partial charge in [0.1, 0.15) is 0 Å². The average molecular weight is 330 g/mol. The van der Waals surface area contributed by atoms with Crippen molar-refractivity contribution in [1.82, 2.24) is 9.62 Å². The molecule has 1 aliphatic heterocycles. The van der Waals surface area contributed by atoms with Gasteiger partial charge in [0.2, 0.25) is 10.0 Å². The molecular formula is C14H20ClN3O2S. The van der Waals surface area contributed by atoms with Crippen molar-refractivity contribution in [2.75, 3.05) is 20.1 Å². The van der Waals surface area contributed by atoms with Gasteiger partial charge in [-0.1, -0.05) is 0 Å². The molecule has 1 aromatic carbocycles. The lowest BCUT2D eigenvalue weighted by atomic mass is 10.1. The van der Waals surface area contributed by atoms with Crippen molar-refractivity contribution in [3.05, 3.63) is 29.3 Å². The second-order valence-electron chi connectivity index (χ2n) is 5.09. The summed E-state index contributed by atoms with van der Waals surface area (Å²) in [5.41, 5.74) is 1.20. The predicted octanol–water partition coefficient (Wildman–Crippen LogP) is 1.66. The number of hydrogen-bond donors (Lipinski definition) is 1. The Bertz CT molecular complexity index is 634. The fourth-order valence-corrected chi connectivity index (χ4v) is 3.96. The summed E-state index contributed by atoms with van der Waals surface area (Å²) in [6.45, 7) is 3.44. The van der Waals surface area contributed by atoms with E-state index in [1.165, 1.54) is 10.4 Å². The average Bonchev–Trinajstić information content (AvgIpc) is 2.47. The highest BCUT2D eigenvalue weighted by Gasteiger charge is 2.29. The quantitative estimate of drug-likeness (QED) is 0.915. The van der Waals surface area contributed by atoms with E-state index in [2.05, 4.69) is 5.32 Å². The predicted molar refractivity (Wildman–Crippen MR) is 84.0 cm³/mol. The molecule has 0 aromatic heterocycles. The number of piperidine rings is 1. The fraction of sp³-hybridized carbons (Fsp3) is 0.500. The molecule has 0 amide bonds. The van der Waals surface area contributed by atoms with Crippen molar-refractivity contribution in [1.29, 1.82) is 5.26 Å². The van der Waals surface area contributed by atoms with Crippen molar-refractivity contribution in [3.8, 4) is 6.07 Å². The first kappa shape index (κ1) is 17.9. The van der Waals surface area contributed by atoms with E-state index in [-0.39, 0.29) is 23.3 Å². The van der Waals surface area contributed by atoms with Crippen molar-refractivity contribution >= 4 is 22.4 Å². The molecule has 1 fully saturated rings. The minimum absolute atomic E-state index is 0. The second-order valence-corrected chi connectivity index (χ2v) is 7.09. The molecular weight excluding hydrogens is 310 g/mol. The SMILES string of the molecule is Cc1cc(S(=O)(=O)N(C)C2CCNCC2)ccc1C#N.Cl. The van der Waals surface area contributed by atoms with Gasteiger partial charge in [-0.25, -0.2) is 8.42 Å². The molecule has 0 atom stereocenters. The maximum Gasteiger partial charge on any atom is 0.243 e. The Morgan fingerprint density at radius 3 is 2.48 bits per heavy atom. The van der Waals surface area contributed by atoms with E-state index >= 15 is 0 Å². The molecule has 1 saturated heterocycles. The number of nitrogens with zero attached hydrogens (tertiary/aromatic N) is 2. The van der Waals surface area contributed by atoms with Gasteiger partial charge in [-0.05, 0) is 56.6 Å². The number of nitriles is 1. The molecule has 1 N–H and O–H groups in total. The Morgan fingerprint density at radius 2 is 1.95 bits per heavy atom. The highest BCUT2D eigenvalue weighted by Crippen LogP contribution is 2.22. The zero-order chi connectivity index (χ0) is 14.8. The highest BCUT2D eigenvalue weighted by molar-refractivity contribution is 7.89. The van der Waals surface area contributed by atoms with E-state index in [1.54, 1.807) is 26.1 Å². The number of halogens is 1. The monoisotopic (exact) mass is 329 g/mol. The lowest BCUT2D eigenvalue weighted by Crippen LogP contribution is -2.43. The summed E-state index contributed by atoms with van der Waals surface area (Å²) in [7, 11) is -1.85. The van der Waals surface area contributed by atoms with E-state index in [9.17, 15) is 8.42 Å². The summed E-state index contributed by atoms with van der Waals surface area (Å²) in [6, 6.07) is 6.74. The molecule has 0 unspecified atom stereocenters. The third-order valence-electron chi connectivity index (χ3n) is 3.82. The Balaban J connectivity index is 0.00000220. The van der Waals surface area contributed by atoms with Gasteiger partial charge in [0.15, 0.2) is 0 Å². The first-order valence-electron chi connectivity index (χ1n) is 6.66. The zero-order valence-corrected chi connectivity index (χ0v) is 13.8. The van der Waals surface area contributed by atoms with E-state index in [0.717, 1.165) is 25.9 Å². The largest absolute Gasteiger partial charge is 0.317 e. The third kappa shape index (κ3) is 3.74. The van der Waals surface area contributed by atoms with Crippen LogP contribution in [0.5, 0.6) is 0 Å². The van der Waals surface area contributed by atoms with Crippen LogP contribution in [-0.4, -0.2) is 38.9 Å². The number of sulfonamides is 1. The summed E-state index contributed by atoms with van der Waals surface area (Å²) in [5, 5.41) is 12.1. The maximum absolute atomic E-state index is 12.6. The van der Waals surface area contributed by atoms with Gasteiger partial charge < -0.3 is 5.32 Å². The van der Waals surface area contributed by atoms with Crippen LogP contribution in [-0.2, 0) is 10.0 Å². The van der Waals surface area contributed by atoms with Crippen LogP contribution in [0.2, 0.25) is 0 Å². The van der Waals surface area contributed by atoms with Gasteiger partial charge in [0, 0.05) is 13.1 Å².